The number of amides is 3. The first-order chi connectivity index (χ1) is 12.0. The van der Waals surface area contributed by atoms with Crippen molar-refractivity contribution in [2.24, 2.45) is 11.5 Å². The molecule has 6 nitrogen and oxygen atoms in total. The number of nitrogens with two attached hydrogens (primary N) is 2. The highest BCUT2D eigenvalue weighted by Gasteiger charge is 2.25. The topological polar surface area (TPSA) is 101 Å². The van der Waals surface area contributed by atoms with Crippen molar-refractivity contribution < 1.29 is 9.59 Å². The summed E-state index contributed by atoms with van der Waals surface area (Å²) in [5.74, 6) is -0.112. The number of carbonyl (C=O) groups is 2. The number of urea groups is 1. The van der Waals surface area contributed by atoms with E-state index in [-0.39, 0.29) is 11.9 Å². The van der Waals surface area contributed by atoms with Gasteiger partial charge in [-0.15, -0.1) is 11.3 Å². The predicted octanol–water partition coefficient (Wildman–Crippen LogP) is 2.86. The van der Waals surface area contributed by atoms with Crippen LogP contribution < -0.4 is 16.8 Å². The molecule has 0 bridgehead atoms. The van der Waals surface area contributed by atoms with Crippen LogP contribution in [0.4, 0.5) is 9.80 Å². The van der Waals surface area contributed by atoms with E-state index in [0.717, 1.165) is 29.7 Å². The minimum atomic E-state index is -0.678. The Morgan fingerprint density at radius 1 is 1.20 bits per heavy atom. The van der Waals surface area contributed by atoms with Gasteiger partial charge in [0.25, 0.3) is 5.91 Å². The number of nitrogens with one attached hydrogen (secondary N) is 1. The zero-order chi connectivity index (χ0) is 17.8. The molecule has 1 atom stereocenters. The third-order valence-corrected chi connectivity index (χ3v) is 5.35. The number of benzene rings is 1. The molecule has 5 N–H and O–H groups in total. The van der Waals surface area contributed by atoms with Gasteiger partial charge in [-0.2, -0.15) is 0 Å². The molecule has 2 aromatic rings. The van der Waals surface area contributed by atoms with Crippen molar-refractivity contribution in [2.75, 3.05) is 18.4 Å². The lowest BCUT2D eigenvalue weighted by Gasteiger charge is -2.22. The van der Waals surface area contributed by atoms with E-state index in [1.54, 1.807) is 4.90 Å². The zero-order valence-corrected chi connectivity index (χ0v) is 14.7. The minimum absolute atomic E-state index is 0.00812. The second-order valence-corrected chi connectivity index (χ2v) is 7.27. The van der Waals surface area contributed by atoms with Crippen LogP contribution in [0.3, 0.4) is 0 Å². The van der Waals surface area contributed by atoms with Gasteiger partial charge >= 0.3 is 6.03 Å². The molecule has 1 aliphatic heterocycles. The largest absolute Gasteiger partial charge is 0.351 e. The molecule has 3 amide bonds. The lowest BCUT2D eigenvalue weighted by molar-refractivity contribution is 0.0756. The number of thiophene rings is 1. The summed E-state index contributed by atoms with van der Waals surface area (Å²) >= 11 is 1.35. The van der Waals surface area contributed by atoms with E-state index < -0.39 is 6.03 Å². The standard InChI is InChI=1S/C18H22N4O2S/c19-13-8-4-5-9-22(11-13)17(23)14-10-15(12-6-2-1-3-7-12)25-16(14)21-18(20)24/h1-3,6-7,10,13H,4-5,8-9,11,19H2,(H3,20,21,24)/t13-/m0/s1. The van der Waals surface area contributed by atoms with E-state index in [0.29, 0.717) is 23.7 Å². The molecule has 0 saturated carbocycles. The van der Waals surface area contributed by atoms with Crippen molar-refractivity contribution in [1.29, 1.82) is 0 Å². The molecule has 1 aromatic heterocycles. The molecule has 1 saturated heterocycles. The van der Waals surface area contributed by atoms with Gasteiger partial charge in [-0.1, -0.05) is 36.8 Å². The molecule has 3 rings (SSSR count). The Hall–Kier alpha value is -2.38. The van der Waals surface area contributed by atoms with Gasteiger partial charge in [0.1, 0.15) is 5.00 Å². The molecule has 0 radical (unpaired) electrons. The van der Waals surface area contributed by atoms with Gasteiger partial charge in [-0.25, -0.2) is 4.79 Å². The summed E-state index contributed by atoms with van der Waals surface area (Å²) in [5.41, 5.74) is 12.8. The Morgan fingerprint density at radius 3 is 2.68 bits per heavy atom. The summed E-state index contributed by atoms with van der Waals surface area (Å²) in [6.07, 6.45) is 2.89. The minimum Gasteiger partial charge on any atom is -0.351 e. The van der Waals surface area contributed by atoms with Crippen molar-refractivity contribution in [3.05, 3.63) is 42.0 Å². The molecule has 0 spiro atoms. The normalized spacial score (nSPS) is 17.8. The van der Waals surface area contributed by atoms with Crippen LogP contribution in [0.25, 0.3) is 10.4 Å². The highest BCUT2D eigenvalue weighted by molar-refractivity contribution is 7.20. The second-order valence-electron chi connectivity index (χ2n) is 6.22. The first kappa shape index (κ1) is 17.4. The third-order valence-electron chi connectivity index (χ3n) is 4.25. The van der Waals surface area contributed by atoms with Crippen LogP contribution in [-0.4, -0.2) is 36.0 Å². The van der Waals surface area contributed by atoms with Crippen LogP contribution in [0.5, 0.6) is 0 Å². The van der Waals surface area contributed by atoms with Crippen LogP contribution >= 0.6 is 11.3 Å². The average molecular weight is 358 g/mol. The number of likely N-dealkylation sites (tertiary alicyclic amines) is 1. The summed E-state index contributed by atoms with van der Waals surface area (Å²) in [6.45, 7) is 1.21. The van der Waals surface area contributed by atoms with Crippen molar-refractivity contribution in [3.63, 3.8) is 0 Å². The third kappa shape index (κ3) is 4.18. The maximum atomic E-state index is 13.0. The zero-order valence-electron chi connectivity index (χ0n) is 13.9. The molecule has 0 unspecified atom stereocenters. The molecule has 0 aliphatic carbocycles. The Balaban J connectivity index is 1.94. The van der Waals surface area contributed by atoms with E-state index >= 15 is 0 Å². The quantitative estimate of drug-likeness (QED) is 0.786. The first-order valence-corrected chi connectivity index (χ1v) is 9.17. The highest BCUT2D eigenvalue weighted by Crippen LogP contribution is 2.36. The van der Waals surface area contributed by atoms with E-state index in [2.05, 4.69) is 5.32 Å². The lowest BCUT2D eigenvalue weighted by Crippen LogP contribution is -2.39. The number of carbonyl (C=O) groups excluding carboxylic acids is 2. The van der Waals surface area contributed by atoms with Crippen LogP contribution in [0.2, 0.25) is 0 Å². The molecule has 1 aliphatic rings. The van der Waals surface area contributed by atoms with Crippen LogP contribution in [0.1, 0.15) is 29.6 Å². The van der Waals surface area contributed by atoms with E-state index in [1.165, 1.54) is 11.3 Å². The Labute approximate surface area is 150 Å². The second kappa shape index (κ2) is 7.67. The number of rotatable bonds is 3. The fourth-order valence-corrected chi connectivity index (χ4v) is 4.09. The summed E-state index contributed by atoms with van der Waals surface area (Å²) in [4.78, 5) is 27.1. The van der Waals surface area contributed by atoms with Gasteiger partial charge in [0.05, 0.1) is 5.56 Å². The van der Waals surface area contributed by atoms with Crippen molar-refractivity contribution in [2.45, 2.75) is 25.3 Å². The summed E-state index contributed by atoms with van der Waals surface area (Å²) in [7, 11) is 0. The van der Waals surface area contributed by atoms with Gasteiger partial charge < -0.3 is 16.4 Å². The molecule has 25 heavy (non-hydrogen) atoms. The monoisotopic (exact) mass is 358 g/mol. The number of nitrogens with zero attached hydrogens (tertiary/aromatic N) is 1. The molecule has 132 valence electrons. The molecule has 2 heterocycles. The first-order valence-electron chi connectivity index (χ1n) is 8.35. The fraction of sp³-hybridized carbons (Fsp3) is 0.333. The van der Waals surface area contributed by atoms with Crippen LogP contribution in [0.15, 0.2) is 36.4 Å². The number of hydrogen-bond donors (Lipinski definition) is 3. The maximum absolute atomic E-state index is 13.0. The SMILES string of the molecule is NC(=O)Nc1sc(-c2ccccc2)cc1C(=O)N1CCCC[C@H](N)C1. The fourth-order valence-electron chi connectivity index (χ4n) is 3.03. The lowest BCUT2D eigenvalue weighted by atomic mass is 10.1. The van der Waals surface area contributed by atoms with Crippen molar-refractivity contribution in [1.82, 2.24) is 4.90 Å². The van der Waals surface area contributed by atoms with Gasteiger partial charge in [0.2, 0.25) is 0 Å². The Kier molecular flexibility index (Phi) is 5.35. The summed E-state index contributed by atoms with van der Waals surface area (Å²) in [5, 5.41) is 3.07. The summed E-state index contributed by atoms with van der Waals surface area (Å²) < 4.78 is 0. The van der Waals surface area contributed by atoms with Gasteiger partial charge in [-0.3, -0.25) is 10.1 Å². The van der Waals surface area contributed by atoms with E-state index in [4.69, 9.17) is 11.5 Å². The van der Waals surface area contributed by atoms with E-state index in [1.807, 2.05) is 36.4 Å². The number of hydrogen-bond acceptors (Lipinski definition) is 4. The number of anilines is 1. The van der Waals surface area contributed by atoms with Crippen molar-refractivity contribution in [3.8, 4) is 10.4 Å². The molecule has 1 fully saturated rings. The van der Waals surface area contributed by atoms with Crippen LogP contribution in [0, 0.1) is 0 Å². The average Bonchev–Trinajstić information content (AvgIpc) is 2.87. The highest BCUT2D eigenvalue weighted by atomic mass is 32.1. The Bertz CT molecular complexity index is 760. The smallest absolute Gasteiger partial charge is 0.317 e. The van der Waals surface area contributed by atoms with Gasteiger partial charge in [0, 0.05) is 24.0 Å². The number of primary amides is 1. The molecular formula is C18H22N4O2S. The maximum Gasteiger partial charge on any atom is 0.317 e. The molecule has 7 heteroatoms. The Morgan fingerprint density at radius 2 is 1.96 bits per heavy atom. The predicted molar refractivity (Wildman–Crippen MR) is 101 cm³/mol. The van der Waals surface area contributed by atoms with E-state index in [9.17, 15) is 9.59 Å². The van der Waals surface area contributed by atoms with Crippen molar-refractivity contribution >= 4 is 28.3 Å². The van der Waals surface area contributed by atoms with Gasteiger partial charge in [-0.05, 0) is 24.5 Å². The molecular weight excluding hydrogens is 336 g/mol. The van der Waals surface area contributed by atoms with Crippen LogP contribution in [-0.2, 0) is 0 Å². The summed E-state index contributed by atoms with van der Waals surface area (Å²) in [6, 6.07) is 10.9. The van der Waals surface area contributed by atoms with Gasteiger partial charge in [0.15, 0.2) is 0 Å². The molecule has 1 aromatic carbocycles.